The molecule has 140 valence electrons. The van der Waals surface area contributed by atoms with Crippen LogP contribution in [0, 0.1) is 16.0 Å². The van der Waals surface area contributed by atoms with Gasteiger partial charge in [0.05, 0.1) is 4.92 Å². The molecule has 0 heterocycles. The molecule has 1 unspecified atom stereocenters. The molecule has 0 spiro atoms. The molecule has 0 bridgehead atoms. The van der Waals surface area contributed by atoms with Crippen molar-refractivity contribution in [2.24, 2.45) is 5.92 Å². The predicted molar refractivity (Wildman–Crippen MR) is 103 cm³/mol. The normalized spacial score (nSPS) is 14.1. The summed E-state index contributed by atoms with van der Waals surface area (Å²) >= 11 is 0. The highest BCUT2D eigenvalue weighted by Gasteiger charge is 2.29. The molecule has 0 radical (unpaired) electrons. The summed E-state index contributed by atoms with van der Waals surface area (Å²) in [5.74, 6) is -0.293. The van der Waals surface area contributed by atoms with Crippen molar-refractivity contribution in [1.82, 2.24) is 0 Å². The zero-order valence-electron chi connectivity index (χ0n) is 14.8. The molecule has 3 rings (SSSR count). The van der Waals surface area contributed by atoms with Crippen LogP contribution in [0.4, 0.5) is 22.7 Å². The first-order valence-electron chi connectivity index (χ1n) is 8.66. The molecule has 1 atom stereocenters. The second kappa shape index (κ2) is 7.86. The number of nitrogens with zero attached hydrogens (tertiary/aromatic N) is 1. The first-order chi connectivity index (χ1) is 12.9. The van der Waals surface area contributed by atoms with Gasteiger partial charge in [-0.25, -0.2) is 0 Å². The van der Waals surface area contributed by atoms with Gasteiger partial charge in [0, 0.05) is 23.4 Å². The largest absolute Gasteiger partial charge is 0.374 e. The Morgan fingerprint density at radius 1 is 1.07 bits per heavy atom. The minimum absolute atomic E-state index is 0.00864. The molecule has 8 heteroatoms. The van der Waals surface area contributed by atoms with E-state index in [2.05, 4.69) is 16.0 Å². The summed E-state index contributed by atoms with van der Waals surface area (Å²) in [7, 11) is 0. The molecule has 3 N–H and O–H groups in total. The molecule has 2 amide bonds. The highest BCUT2D eigenvalue weighted by molar-refractivity contribution is 5.98. The molecule has 0 saturated heterocycles. The molecular weight excluding hydrogens is 348 g/mol. The van der Waals surface area contributed by atoms with Crippen molar-refractivity contribution in [3.05, 3.63) is 58.6 Å². The lowest BCUT2D eigenvalue weighted by molar-refractivity contribution is -0.383. The van der Waals surface area contributed by atoms with Gasteiger partial charge in [-0.05, 0) is 44.0 Å². The minimum Gasteiger partial charge on any atom is -0.374 e. The molecular formula is C19H20N4O4. The van der Waals surface area contributed by atoms with Crippen LogP contribution in [-0.2, 0) is 9.59 Å². The lowest BCUT2D eigenvalue weighted by Gasteiger charge is -2.16. The number of amides is 2. The van der Waals surface area contributed by atoms with Crippen LogP contribution >= 0.6 is 0 Å². The molecule has 0 aliphatic heterocycles. The predicted octanol–water partition coefficient (Wildman–Crippen LogP) is 3.38. The SMILES string of the molecule is CC(Nc1cccc(NC(=O)C2CC2)c1)C(=O)Nc1ccccc1[N+](=O)[O-]. The summed E-state index contributed by atoms with van der Waals surface area (Å²) in [6.07, 6.45) is 1.85. The molecule has 1 fully saturated rings. The number of nitro groups is 1. The number of rotatable bonds is 7. The van der Waals surface area contributed by atoms with E-state index in [0.29, 0.717) is 11.4 Å². The zero-order valence-corrected chi connectivity index (χ0v) is 14.8. The van der Waals surface area contributed by atoms with Gasteiger partial charge in [0.2, 0.25) is 11.8 Å². The molecule has 1 aliphatic carbocycles. The summed E-state index contributed by atoms with van der Waals surface area (Å²) in [5, 5.41) is 19.5. The Morgan fingerprint density at radius 3 is 2.48 bits per heavy atom. The summed E-state index contributed by atoms with van der Waals surface area (Å²) < 4.78 is 0. The number of hydrogen-bond donors (Lipinski definition) is 3. The zero-order chi connectivity index (χ0) is 19.4. The lowest BCUT2D eigenvalue weighted by atomic mass is 10.2. The van der Waals surface area contributed by atoms with Gasteiger partial charge in [-0.1, -0.05) is 18.2 Å². The van der Waals surface area contributed by atoms with Crippen molar-refractivity contribution in [3.8, 4) is 0 Å². The number of carbonyl (C=O) groups excluding carboxylic acids is 2. The fourth-order valence-electron chi connectivity index (χ4n) is 2.57. The van der Waals surface area contributed by atoms with Crippen LogP contribution < -0.4 is 16.0 Å². The van der Waals surface area contributed by atoms with Crippen LogP contribution in [0.1, 0.15) is 19.8 Å². The van der Waals surface area contributed by atoms with E-state index >= 15 is 0 Å². The highest BCUT2D eigenvalue weighted by Crippen LogP contribution is 2.30. The smallest absolute Gasteiger partial charge is 0.292 e. The first kappa shape index (κ1) is 18.4. The van der Waals surface area contributed by atoms with Crippen molar-refractivity contribution < 1.29 is 14.5 Å². The monoisotopic (exact) mass is 368 g/mol. The molecule has 2 aromatic rings. The third kappa shape index (κ3) is 4.81. The van der Waals surface area contributed by atoms with E-state index < -0.39 is 16.9 Å². The number of benzene rings is 2. The Balaban J connectivity index is 1.63. The van der Waals surface area contributed by atoms with Crippen molar-refractivity contribution >= 4 is 34.6 Å². The van der Waals surface area contributed by atoms with Crippen LogP contribution in [-0.4, -0.2) is 22.8 Å². The molecule has 1 aliphatic rings. The maximum atomic E-state index is 12.4. The number of carbonyl (C=O) groups is 2. The summed E-state index contributed by atoms with van der Waals surface area (Å²) in [6, 6.07) is 12.4. The average Bonchev–Trinajstić information content (AvgIpc) is 3.47. The minimum atomic E-state index is -0.640. The van der Waals surface area contributed by atoms with Gasteiger partial charge >= 0.3 is 0 Å². The quantitative estimate of drug-likeness (QED) is 0.512. The van der Waals surface area contributed by atoms with Gasteiger partial charge in [-0.15, -0.1) is 0 Å². The highest BCUT2D eigenvalue weighted by atomic mass is 16.6. The number of hydrogen-bond acceptors (Lipinski definition) is 5. The number of anilines is 3. The third-order valence-electron chi connectivity index (χ3n) is 4.21. The Morgan fingerprint density at radius 2 is 1.78 bits per heavy atom. The molecule has 2 aromatic carbocycles. The Kier molecular flexibility index (Phi) is 5.35. The van der Waals surface area contributed by atoms with Crippen molar-refractivity contribution in [2.75, 3.05) is 16.0 Å². The van der Waals surface area contributed by atoms with Gasteiger partial charge in [-0.2, -0.15) is 0 Å². The van der Waals surface area contributed by atoms with E-state index in [1.165, 1.54) is 18.2 Å². The topological polar surface area (TPSA) is 113 Å². The van der Waals surface area contributed by atoms with Crippen LogP contribution in [0.3, 0.4) is 0 Å². The van der Waals surface area contributed by atoms with Crippen LogP contribution in [0.15, 0.2) is 48.5 Å². The Hall–Kier alpha value is -3.42. The van der Waals surface area contributed by atoms with Gasteiger partial charge in [0.15, 0.2) is 0 Å². The molecule has 1 saturated carbocycles. The van der Waals surface area contributed by atoms with E-state index in [0.717, 1.165) is 12.8 Å². The average molecular weight is 368 g/mol. The maximum absolute atomic E-state index is 12.4. The van der Waals surface area contributed by atoms with E-state index in [-0.39, 0.29) is 23.2 Å². The van der Waals surface area contributed by atoms with Gasteiger partial charge < -0.3 is 16.0 Å². The van der Waals surface area contributed by atoms with Gasteiger partial charge in [0.25, 0.3) is 5.69 Å². The van der Waals surface area contributed by atoms with Gasteiger partial charge in [0.1, 0.15) is 11.7 Å². The first-order valence-corrected chi connectivity index (χ1v) is 8.66. The van der Waals surface area contributed by atoms with Crippen molar-refractivity contribution in [3.63, 3.8) is 0 Å². The van der Waals surface area contributed by atoms with Crippen molar-refractivity contribution in [2.45, 2.75) is 25.8 Å². The maximum Gasteiger partial charge on any atom is 0.292 e. The Bertz CT molecular complexity index is 880. The van der Waals surface area contributed by atoms with E-state index in [1.54, 1.807) is 37.3 Å². The lowest BCUT2D eigenvalue weighted by Crippen LogP contribution is -2.32. The van der Waals surface area contributed by atoms with Crippen LogP contribution in [0.5, 0.6) is 0 Å². The fourth-order valence-corrected chi connectivity index (χ4v) is 2.57. The second-order valence-electron chi connectivity index (χ2n) is 6.47. The third-order valence-corrected chi connectivity index (χ3v) is 4.21. The van der Waals surface area contributed by atoms with Crippen LogP contribution in [0.25, 0.3) is 0 Å². The number of para-hydroxylation sites is 2. The summed E-state index contributed by atoms with van der Waals surface area (Å²) in [4.78, 5) is 34.7. The van der Waals surface area contributed by atoms with E-state index in [9.17, 15) is 19.7 Å². The molecule has 27 heavy (non-hydrogen) atoms. The number of nitro benzene ring substituents is 1. The summed E-state index contributed by atoms with van der Waals surface area (Å²) in [6.45, 7) is 1.65. The van der Waals surface area contributed by atoms with Gasteiger partial charge in [-0.3, -0.25) is 19.7 Å². The van der Waals surface area contributed by atoms with Crippen molar-refractivity contribution in [1.29, 1.82) is 0 Å². The summed E-state index contributed by atoms with van der Waals surface area (Å²) in [5.41, 5.74) is 1.30. The number of nitrogens with one attached hydrogen (secondary N) is 3. The fraction of sp³-hybridized carbons (Fsp3) is 0.263. The standard InChI is InChI=1S/C19H20N4O4/c1-12(18(24)22-16-7-2-3-8-17(16)23(26)27)20-14-5-4-6-15(11-14)21-19(25)13-9-10-13/h2-8,11-13,20H,9-10H2,1H3,(H,21,25)(H,22,24). The van der Waals surface area contributed by atoms with Crippen LogP contribution in [0.2, 0.25) is 0 Å². The molecule has 0 aromatic heterocycles. The molecule has 8 nitrogen and oxygen atoms in total. The van der Waals surface area contributed by atoms with E-state index in [1.807, 2.05) is 0 Å². The Labute approximate surface area is 156 Å². The second-order valence-corrected chi connectivity index (χ2v) is 6.47. The van der Waals surface area contributed by atoms with E-state index in [4.69, 9.17) is 0 Å².